The fourth-order valence-corrected chi connectivity index (χ4v) is 2.26. The number of hydrogen-bond acceptors (Lipinski definition) is 3. The minimum atomic E-state index is -0.967. The second-order valence-corrected chi connectivity index (χ2v) is 4.85. The average molecular weight is 257 g/mol. The number of carboxylic acid groups (broad SMARTS) is 1. The minimum absolute atomic E-state index is 0.122. The van der Waals surface area contributed by atoms with Crippen LogP contribution < -0.4 is 5.32 Å². The lowest BCUT2D eigenvalue weighted by molar-refractivity contribution is -0.146. The molecule has 0 saturated heterocycles. The van der Waals surface area contributed by atoms with Crippen molar-refractivity contribution in [1.29, 1.82) is 0 Å². The molecule has 0 spiro atoms. The van der Waals surface area contributed by atoms with Crippen LogP contribution in [0.5, 0.6) is 0 Å². The Kier molecular flexibility index (Phi) is 5.59. The Bertz CT molecular complexity index is 299. The van der Waals surface area contributed by atoms with E-state index in [9.17, 15) is 9.59 Å². The first-order chi connectivity index (χ1) is 8.55. The quantitative estimate of drug-likeness (QED) is 0.647. The summed E-state index contributed by atoms with van der Waals surface area (Å²) < 4.78 is 5.30. The van der Waals surface area contributed by atoms with Crippen LogP contribution in [0.4, 0.5) is 0 Å². The van der Waals surface area contributed by atoms with Crippen LogP contribution >= 0.6 is 0 Å². The summed E-state index contributed by atoms with van der Waals surface area (Å²) in [7, 11) is 0. The molecule has 18 heavy (non-hydrogen) atoms. The highest BCUT2D eigenvalue weighted by atomic mass is 16.5. The summed E-state index contributed by atoms with van der Waals surface area (Å²) in [6, 6.07) is -0.776. The Hall–Kier alpha value is -1.10. The van der Waals surface area contributed by atoms with Crippen molar-refractivity contribution in [3.63, 3.8) is 0 Å². The molecule has 1 aliphatic carbocycles. The summed E-state index contributed by atoms with van der Waals surface area (Å²) in [5.74, 6) is -1.09. The molecule has 1 rings (SSSR count). The molecule has 1 saturated carbocycles. The number of amides is 1. The van der Waals surface area contributed by atoms with Gasteiger partial charge in [-0.05, 0) is 32.6 Å². The van der Waals surface area contributed by atoms with Crippen molar-refractivity contribution in [2.75, 3.05) is 13.2 Å². The number of carbonyl (C=O) groups excluding carboxylic acids is 1. The number of carboxylic acids is 1. The number of hydrogen-bond donors (Lipinski definition) is 2. The fraction of sp³-hybridized carbons (Fsp3) is 0.846. The highest BCUT2D eigenvalue weighted by molar-refractivity contribution is 5.88. The van der Waals surface area contributed by atoms with Gasteiger partial charge in [-0.3, -0.25) is 4.79 Å². The molecule has 0 aromatic rings. The van der Waals surface area contributed by atoms with Crippen molar-refractivity contribution >= 4 is 11.9 Å². The first-order valence-electron chi connectivity index (χ1n) is 6.67. The van der Waals surface area contributed by atoms with Gasteiger partial charge in [-0.1, -0.05) is 13.3 Å². The topological polar surface area (TPSA) is 75.6 Å². The van der Waals surface area contributed by atoms with Crippen LogP contribution in [-0.2, 0) is 14.3 Å². The summed E-state index contributed by atoms with van der Waals surface area (Å²) in [5, 5.41) is 11.6. The lowest BCUT2D eigenvalue weighted by Gasteiger charge is -2.40. The van der Waals surface area contributed by atoms with Gasteiger partial charge < -0.3 is 15.2 Å². The van der Waals surface area contributed by atoms with Gasteiger partial charge in [0.15, 0.2) is 0 Å². The molecule has 1 fully saturated rings. The van der Waals surface area contributed by atoms with E-state index in [1.165, 1.54) is 0 Å². The van der Waals surface area contributed by atoms with Gasteiger partial charge >= 0.3 is 5.97 Å². The summed E-state index contributed by atoms with van der Waals surface area (Å²) in [6.45, 7) is 4.88. The van der Waals surface area contributed by atoms with Gasteiger partial charge in [0.2, 0.25) is 5.91 Å². The maximum Gasteiger partial charge on any atom is 0.326 e. The summed E-state index contributed by atoms with van der Waals surface area (Å²) >= 11 is 0. The molecule has 0 aromatic carbocycles. The highest BCUT2D eigenvalue weighted by Gasteiger charge is 2.44. The SMILES string of the molecule is CCOCCC1(C(=O)NC(CC)C(=O)O)CCC1. The van der Waals surface area contributed by atoms with Crippen molar-refractivity contribution < 1.29 is 19.4 Å². The maximum atomic E-state index is 12.2. The third-order valence-electron chi connectivity index (χ3n) is 3.73. The molecule has 1 amide bonds. The molecule has 1 aliphatic rings. The Morgan fingerprint density at radius 1 is 1.39 bits per heavy atom. The highest BCUT2D eigenvalue weighted by Crippen LogP contribution is 2.44. The number of rotatable bonds is 8. The van der Waals surface area contributed by atoms with E-state index in [1.54, 1.807) is 6.92 Å². The zero-order chi connectivity index (χ0) is 13.6. The van der Waals surface area contributed by atoms with Crippen LogP contribution in [0.25, 0.3) is 0 Å². The van der Waals surface area contributed by atoms with E-state index in [-0.39, 0.29) is 5.91 Å². The van der Waals surface area contributed by atoms with Crippen LogP contribution in [0, 0.1) is 5.41 Å². The predicted molar refractivity (Wildman–Crippen MR) is 67.3 cm³/mol. The van der Waals surface area contributed by atoms with Crippen molar-refractivity contribution in [2.45, 2.75) is 52.0 Å². The third kappa shape index (κ3) is 3.45. The van der Waals surface area contributed by atoms with E-state index in [2.05, 4.69) is 5.32 Å². The molecule has 0 aliphatic heterocycles. The number of carbonyl (C=O) groups is 2. The van der Waals surface area contributed by atoms with Gasteiger partial charge in [0, 0.05) is 13.2 Å². The molecule has 2 N–H and O–H groups in total. The zero-order valence-corrected chi connectivity index (χ0v) is 11.2. The molecule has 104 valence electrons. The van der Waals surface area contributed by atoms with E-state index in [0.717, 1.165) is 19.3 Å². The van der Waals surface area contributed by atoms with Gasteiger partial charge in [-0.2, -0.15) is 0 Å². The first kappa shape index (κ1) is 15.0. The molecule has 5 heteroatoms. The fourth-order valence-electron chi connectivity index (χ4n) is 2.26. The minimum Gasteiger partial charge on any atom is -0.480 e. The average Bonchev–Trinajstić information content (AvgIpc) is 2.28. The van der Waals surface area contributed by atoms with Crippen molar-refractivity contribution in [2.24, 2.45) is 5.41 Å². The normalized spacial score (nSPS) is 18.8. The largest absolute Gasteiger partial charge is 0.480 e. The first-order valence-corrected chi connectivity index (χ1v) is 6.67. The lowest BCUT2D eigenvalue weighted by atomic mass is 9.66. The van der Waals surface area contributed by atoms with E-state index in [4.69, 9.17) is 9.84 Å². The predicted octanol–water partition coefficient (Wildman–Crippen LogP) is 1.56. The Labute approximate surface area is 108 Å². The second kappa shape index (κ2) is 6.73. The van der Waals surface area contributed by atoms with Crippen molar-refractivity contribution in [3.8, 4) is 0 Å². The maximum absolute atomic E-state index is 12.2. The molecule has 0 bridgehead atoms. The van der Waals surface area contributed by atoms with Crippen molar-refractivity contribution in [3.05, 3.63) is 0 Å². The van der Waals surface area contributed by atoms with Crippen LogP contribution in [0.15, 0.2) is 0 Å². The van der Waals surface area contributed by atoms with Gasteiger partial charge in [0.1, 0.15) is 6.04 Å². The molecular formula is C13H23NO4. The van der Waals surface area contributed by atoms with E-state index < -0.39 is 17.4 Å². The van der Waals surface area contributed by atoms with Gasteiger partial charge in [-0.25, -0.2) is 4.79 Å². The Balaban J connectivity index is 2.53. The number of aliphatic carboxylic acids is 1. The van der Waals surface area contributed by atoms with Crippen molar-refractivity contribution in [1.82, 2.24) is 5.32 Å². The molecule has 0 aromatic heterocycles. The number of ether oxygens (including phenoxy) is 1. The molecule has 0 radical (unpaired) electrons. The summed E-state index contributed by atoms with van der Waals surface area (Å²) in [6.07, 6.45) is 3.79. The Morgan fingerprint density at radius 3 is 2.44 bits per heavy atom. The second-order valence-electron chi connectivity index (χ2n) is 4.85. The zero-order valence-electron chi connectivity index (χ0n) is 11.2. The van der Waals surface area contributed by atoms with E-state index >= 15 is 0 Å². The summed E-state index contributed by atoms with van der Waals surface area (Å²) in [4.78, 5) is 23.1. The van der Waals surface area contributed by atoms with Crippen LogP contribution in [0.3, 0.4) is 0 Å². The molecule has 1 unspecified atom stereocenters. The van der Waals surface area contributed by atoms with Crippen LogP contribution in [0.2, 0.25) is 0 Å². The van der Waals surface area contributed by atoms with Crippen LogP contribution in [0.1, 0.15) is 46.0 Å². The standard InChI is InChI=1S/C13H23NO4/c1-3-10(11(15)16)14-12(17)13(6-5-7-13)8-9-18-4-2/h10H,3-9H2,1-2H3,(H,14,17)(H,15,16). The molecule has 5 nitrogen and oxygen atoms in total. The Morgan fingerprint density at radius 2 is 2.06 bits per heavy atom. The van der Waals surface area contributed by atoms with Crippen LogP contribution in [-0.4, -0.2) is 36.2 Å². The molecule has 0 heterocycles. The smallest absolute Gasteiger partial charge is 0.326 e. The van der Waals surface area contributed by atoms with E-state index in [0.29, 0.717) is 26.1 Å². The van der Waals surface area contributed by atoms with E-state index in [1.807, 2.05) is 6.92 Å². The summed E-state index contributed by atoms with van der Waals surface area (Å²) in [5.41, 5.74) is -0.391. The number of nitrogens with one attached hydrogen (secondary N) is 1. The van der Waals surface area contributed by atoms with Gasteiger partial charge in [0.25, 0.3) is 0 Å². The molecular weight excluding hydrogens is 234 g/mol. The molecule has 1 atom stereocenters. The monoisotopic (exact) mass is 257 g/mol. The van der Waals surface area contributed by atoms with Gasteiger partial charge in [0.05, 0.1) is 5.41 Å². The van der Waals surface area contributed by atoms with Gasteiger partial charge in [-0.15, -0.1) is 0 Å². The third-order valence-corrected chi connectivity index (χ3v) is 3.73. The lowest BCUT2D eigenvalue weighted by Crippen LogP contribution is -2.51.